The Hall–Kier alpha value is -2.82. The van der Waals surface area contributed by atoms with Crippen LogP contribution in [0.2, 0.25) is 0 Å². The molecule has 2 aromatic rings. The maximum atomic E-state index is 13.3. The van der Waals surface area contributed by atoms with Crippen LogP contribution in [0.3, 0.4) is 0 Å². The van der Waals surface area contributed by atoms with Gasteiger partial charge in [0.05, 0.1) is 42.7 Å². The fourth-order valence-corrected chi connectivity index (χ4v) is 5.87. The van der Waals surface area contributed by atoms with E-state index in [0.29, 0.717) is 62.3 Å². The molecule has 0 aromatic heterocycles. The van der Waals surface area contributed by atoms with E-state index in [1.165, 1.54) is 10.4 Å². The van der Waals surface area contributed by atoms with Crippen LogP contribution in [0.15, 0.2) is 35.2 Å². The van der Waals surface area contributed by atoms with Crippen molar-refractivity contribution in [3.8, 4) is 11.5 Å². The van der Waals surface area contributed by atoms with Crippen molar-refractivity contribution in [1.82, 2.24) is 4.31 Å². The van der Waals surface area contributed by atoms with Crippen molar-refractivity contribution in [3.63, 3.8) is 0 Å². The van der Waals surface area contributed by atoms with Crippen molar-refractivity contribution in [2.75, 3.05) is 62.8 Å². The minimum absolute atomic E-state index is 0.126. The summed E-state index contributed by atoms with van der Waals surface area (Å²) in [6.07, 6.45) is 0. The molecule has 1 heterocycles. The number of carbonyl (C=O) groups is 1. The summed E-state index contributed by atoms with van der Waals surface area (Å²) in [7, 11) is -3.72. The Morgan fingerprint density at radius 2 is 1.64 bits per heavy atom. The minimum Gasteiger partial charge on any atom is -0.492 e. The molecule has 1 N–H and O–H groups in total. The lowest BCUT2D eigenvalue weighted by Gasteiger charge is -2.31. The van der Waals surface area contributed by atoms with Crippen LogP contribution >= 0.6 is 0 Å². The third-order valence-corrected chi connectivity index (χ3v) is 8.23. The van der Waals surface area contributed by atoms with E-state index < -0.39 is 15.9 Å². The summed E-state index contributed by atoms with van der Waals surface area (Å²) in [6.45, 7) is 13.4. The van der Waals surface area contributed by atoms with Crippen LogP contribution in [0, 0.1) is 6.92 Å². The number of rotatable bonds is 11. The summed E-state index contributed by atoms with van der Waals surface area (Å²) in [5.74, 6) is 0.708. The molecular weight excluding hydrogens is 482 g/mol. The lowest BCUT2D eigenvalue weighted by Crippen LogP contribution is -2.36. The molecule has 1 amide bonds. The second-order valence-electron chi connectivity index (χ2n) is 8.31. The van der Waals surface area contributed by atoms with Gasteiger partial charge in [-0.25, -0.2) is 8.42 Å². The highest BCUT2D eigenvalue weighted by Gasteiger charge is 2.25. The summed E-state index contributed by atoms with van der Waals surface area (Å²) in [4.78, 5) is 15.6. The normalized spacial score (nSPS) is 14.1. The van der Waals surface area contributed by atoms with Gasteiger partial charge < -0.3 is 24.4 Å². The molecule has 1 fully saturated rings. The predicted molar refractivity (Wildman–Crippen MR) is 141 cm³/mol. The summed E-state index contributed by atoms with van der Waals surface area (Å²) >= 11 is 0. The van der Waals surface area contributed by atoms with E-state index in [2.05, 4.69) is 10.2 Å². The van der Waals surface area contributed by atoms with Gasteiger partial charge in [0, 0.05) is 43.9 Å². The Kier molecular flexibility index (Phi) is 9.58. The molecule has 1 saturated heterocycles. The molecule has 0 aliphatic carbocycles. The van der Waals surface area contributed by atoms with Gasteiger partial charge in [0.1, 0.15) is 11.5 Å². The van der Waals surface area contributed by atoms with Gasteiger partial charge in [-0.15, -0.1) is 0 Å². The number of anilines is 2. The van der Waals surface area contributed by atoms with E-state index in [9.17, 15) is 13.2 Å². The molecule has 0 saturated carbocycles. The Morgan fingerprint density at radius 3 is 2.25 bits per heavy atom. The van der Waals surface area contributed by atoms with Gasteiger partial charge in [0.2, 0.25) is 10.0 Å². The van der Waals surface area contributed by atoms with E-state index in [-0.39, 0.29) is 10.5 Å². The first kappa shape index (κ1) is 27.8. The average Bonchev–Trinajstić information content (AvgIpc) is 2.87. The van der Waals surface area contributed by atoms with Gasteiger partial charge in [0.25, 0.3) is 5.91 Å². The van der Waals surface area contributed by atoms with Crippen LogP contribution in [0.25, 0.3) is 0 Å². The van der Waals surface area contributed by atoms with Crippen molar-refractivity contribution < 1.29 is 27.4 Å². The van der Waals surface area contributed by atoms with E-state index in [1.54, 1.807) is 39.0 Å². The monoisotopic (exact) mass is 519 g/mol. The molecule has 0 spiro atoms. The van der Waals surface area contributed by atoms with Crippen LogP contribution in [0.1, 0.15) is 43.6 Å². The van der Waals surface area contributed by atoms with Gasteiger partial charge in [-0.3, -0.25) is 4.79 Å². The first-order chi connectivity index (χ1) is 17.3. The summed E-state index contributed by atoms with van der Waals surface area (Å²) < 4.78 is 44.9. The summed E-state index contributed by atoms with van der Waals surface area (Å²) in [5.41, 5.74) is 2.16. The highest BCUT2D eigenvalue weighted by molar-refractivity contribution is 7.89. The molecule has 2 aromatic carbocycles. The van der Waals surface area contributed by atoms with Crippen LogP contribution in [-0.2, 0) is 14.8 Å². The van der Waals surface area contributed by atoms with Crippen molar-refractivity contribution >= 4 is 27.3 Å². The Bertz CT molecular complexity index is 1160. The molecule has 36 heavy (non-hydrogen) atoms. The van der Waals surface area contributed by atoms with E-state index >= 15 is 0 Å². The van der Waals surface area contributed by atoms with E-state index in [4.69, 9.17) is 14.2 Å². The fourth-order valence-electron chi connectivity index (χ4n) is 4.16. The van der Waals surface area contributed by atoms with Crippen molar-refractivity contribution in [3.05, 3.63) is 41.5 Å². The van der Waals surface area contributed by atoms with Crippen LogP contribution in [-0.4, -0.2) is 71.2 Å². The van der Waals surface area contributed by atoms with Gasteiger partial charge in [0.15, 0.2) is 0 Å². The average molecular weight is 520 g/mol. The number of carbonyl (C=O) groups excluding carboxylic acids is 1. The summed E-state index contributed by atoms with van der Waals surface area (Å²) in [5, 5.41) is 2.90. The number of nitrogens with one attached hydrogen (secondary N) is 1. The molecule has 0 atom stereocenters. The zero-order valence-corrected chi connectivity index (χ0v) is 22.6. The van der Waals surface area contributed by atoms with Gasteiger partial charge in [-0.1, -0.05) is 19.9 Å². The first-order valence-corrected chi connectivity index (χ1v) is 13.9. The second kappa shape index (κ2) is 12.4. The SMILES string of the molecule is CCOc1cc(N2CCOCC2)c(OCC)cc1NC(=O)c1ccc(C)c(S(=O)(=O)N(CC)CC)c1. The third kappa shape index (κ3) is 6.11. The second-order valence-corrected chi connectivity index (χ2v) is 10.2. The molecule has 0 radical (unpaired) electrons. The van der Waals surface area contributed by atoms with Gasteiger partial charge in [-0.2, -0.15) is 4.31 Å². The molecule has 3 rings (SSSR count). The maximum absolute atomic E-state index is 13.3. The van der Waals surface area contributed by atoms with Crippen LogP contribution in [0.4, 0.5) is 11.4 Å². The largest absolute Gasteiger partial charge is 0.492 e. The van der Waals surface area contributed by atoms with E-state index in [1.807, 2.05) is 19.9 Å². The molecule has 0 unspecified atom stereocenters. The fraction of sp³-hybridized carbons (Fsp3) is 0.500. The number of hydrogen-bond acceptors (Lipinski definition) is 7. The zero-order valence-electron chi connectivity index (χ0n) is 21.8. The standard InChI is InChI=1S/C26H37N3O6S/c1-6-29(7-2)36(31,32)25-16-20(11-10-19(25)5)26(30)27-21-17-24(35-9-4)22(18-23(21)34-8-3)28-12-14-33-15-13-28/h10-11,16-18H,6-9,12-15H2,1-5H3,(H,27,30). The zero-order chi connectivity index (χ0) is 26.3. The Balaban J connectivity index is 1.98. The molecule has 198 valence electrons. The smallest absolute Gasteiger partial charge is 0.255 e. The quantitative estimate of drug-likeness (QED) is 0.481. The van der Waals surface area contributed by atoms with Crippen molar-refractivity contribution in [2.45, 2.75) is 39.5 Å². The number of aryl methyl sites for hydroxylation is 1. The maximum Gasteiger partial charge on any atom is 0.255 e. The van der Waals surface area contributed by atoms with Crippen LogP contribution < -0.4 is 19.7 Å². The number of benzene rings is 2. The number of nitrogens with zero attached hydrogens (tertiary/aromatic N) is 2. The van der Waals surface area contributed by atoms with Crippen LogP contribution in [0.5, 0.6) is 11.5 Å². The number of morpholine rings is 1. The number of amides is 1. The number of hydrogen-bond donors (Lipinski definition) is 1. The molecular formula is C26H37N3O6S. The van der Waals surface area contributed by atoms with Crippen molar-refractivity contribution in [2.24, 2.45) is 0 Å². The predicted octanol–water partition coefficient (Wildman–Crippen LogP) is 3.91. The lowest BCUT2D eigenvalue weighted by atomic mass is 10.1. The van der Waals surface area contributed by atoms with Gasteiger partial charge >= 0.3 is 0 Å². The highest BCUT2D eigenvalue weighted by Crippen LogP contribution is 2.39. The highest BCUT2D eigenvalue weighted by atomic mass is 32.2. The topological polar surface area (TPSA) is 97.4 Å². The number of sulfonamides is 1. The molecule has 0 bridgehead atoms. The van der Waals surface area contributed by atoms with Gasteiger partial charge in [-0.05, 0) is 38.5 Å². The molecule has 1 aliphatic rings. The Labute approximate surface area is 214 Å². The summed E-state index contributed by atoms with van der Waals surface area (Å²) in [6, 6.07) is 8.35. The number of ether oxygens (including phenoxy) is 3. The van der Waals surface area contributed by atoms with E-state index in [0.717, 1.165) is 18.8 Å². The Morgan fingerprint density at radius 1 is 1.00 bits per heavy atom. The molecule has 10 heteroatoms. The molecule has 9 nitrogen and oxygen atoms in total. The minimum atomic E-state index is -3.72. The van der Waals surface area contributed by atoms with Crippen molar-refractivity contribution in [1.29, 1.82) is 0 Å². The first-order valence-electron chi connectivity index (χ1n) is 12.4. The lowest BCUT2D eigenvalue weighted by molar-refractivity contribution is 0.102. The third-order valence-electron chi connectivity index (χ3n) is 6.03. The molecule has 1 aliphatic heterocycles.